The maximum absolute atomic E-state index is 14.0. The van der Waals surface area contributed by atoms with Gasteiger partial charge in [-0.25, -0.2) is 22.5 Å². The lowest BCUT2D eigenvalue weighted by Crippen LogP contribution is -2.52. The van der Waals surface area contributed by atoms with Gasteiger partial charge in [0.15, 0.2) is 0 Å². The molecule has 2 aliphatic rings. The van der Waals surface area contributed by atoms with Crippen molar-refractivity contribution in [2.45, 2.75) is 46.1 Å². The largest absolute Gasteiger partial charge is 0.468 e. The van der Waals surface area contributed by atoms with Crippen LogP contribution in [0.25, 0.3) is 0 Å². The van der Waals surface area contributed by atoms with Crippen molar-refractivity contribution in [1.29, 1.82) is 0 Å². The summed E-state index contributed by atoms with van der Waals surface area (Å²) in [5.74, 6) is -0.747. The second-order valence-electron chi connectivity index (χ2n) is 8.99. The van der Waals surface area contributed by atoms with Crippen LogP contribution in [0.5, 0.6) is 0 Å². The molecular formula is C27H27N3O6S2. The molecule has 3 aromatic rings. The number of rotatable bonds is 7. The second kappa shape index (κ2) is 10.7. The highest BCUT2D eigenvalue weighted by atomic mass is 32.2. The molecule has 0 unspecified atom stereocenters. The Labute approximate surface area is 225 Å². The monoisotopic (exact) mass is 553 g/mol. The topological polar surface area (TPSA) is 106 Å². The third-order valence-electron chi connectivity index (χ3n) is 6.91. The molecule has 0 N–H and O–H groups in total. The first-order valence-electron chi connectivity index (χ1n) is 12.1. The molecule has 0 radical (unpaired) electrons. The number of amides is 1. The Morgan fingerprint density at radius 3 is 2.39 bits per heavy atom. The van der Waals surface area contributed by atoms with Crippen molar-refractivity contribution in [2.24, 2.45) is 0 Å². The zero-order chi connectivity index (χ0) is 26.9. The fourth-order valence-electron chi connectivity index (χ4n) is 5.33. The number of nitrogens with zero attached hydrogens (tertiary/aromatic N) is 3. The molecule has 1 aromatic heterocycles. The van der Waals surface area contributed by atoms with E-state index in [0.29, 0.717) is 17.1 Å². The van der Waals surface area contributed by atoms with E-state index in [2.05, 4.69) is 4.98 Å². The van der Waals surface area contributed by atoms with Crippen LogP contribution < -0.4 is 4.31 Å². The van der Waals surface area contributed by atoms with Crippen LogP contribution in [0.15, 0.2) is 88.9 Å². The van der Waals surface area contributed by atoms with Gasteiger partial charge in [-0.05, 0) is 48.7 Å². The molecule has 198 valence electrons. The number of aromatic nitrogens is 1. The molecule has 0 saturated carbocycles. The number of benzene rings is 2. The average molecular weight is 554 g/mol. The van der Waals surface area contributed by atoms with Crippen molar-refractivity contribution in [2.75, 3.05) is 18.5 Å². The lowest BCUT2D eigenvalue weighted by Gasteiger charge is -2.35. The predicted molar refractivity (Wildman–Crippen MR) is 142 cm³/mol. The second-order valence-corrected chi connectivity index (χ2v) is 12.0. The summed E-state index contributed by atoms with van der Waals surface area (Å²) in [6.45, 7) is 0. The van der Waals surface area contributed by atoms with Gasteiger partial charge in [-0.3, -0.25) is 9.69 Å². The molecule has 2 aromatic carbocycles. The third kappa shape index (κ3) is 4.60. The van der Waals surface area contributed by atoms with Crippen LogP contribution in [0.3, 0.4) is 0 Å². The highest BCUT2D eigenvalue weighted by Gasteiger charge is 2.56. The fraction of sp³-hybridized carbons (Fsp3) is 0.296. The van der Waals surface area contributed by atoms with Crippen LogP contribution >= 0.6 is 11.8 Å². The summed E-state index contributed by atoms with van der Waals surface area (Å²) in [7, 11) is -1.44. The SMILES string of the molecule is COC(=O)[C@H](C[C@H]1C[C@@H]2c3ccccc3N(S(=O)(=O)c3ccccc3)[C@@H]2N1C(=O)OC)Sc1ccccn1. The lowest BCUT2D eigenvalue weighted by atomic mass is 9.95. The van der Waals surface area contributed by atoms with Crippen LogP contribution in [0.4, 0.5) is 10.5 Å². The first-order valence-corrected chi connectivity index (χ1v) is 14.4. The van der Waals surface area contributed by atoms with E-state index >= 15 is 0 Å². The number of hydrogen-bond acceptors (Lipinski definition) is 8. The molecule has 0 bridgehead atoms. The van der Waals surface area contributed by atoms with E-state index in [1.807, 2.05) is 18.2 Å². The normalized spacial score (nSPS) is 20.9. The van der Waals surface area contributed by atoms with Gasteiger partial charge in [-0.2, -0.15) is 0 Å². The third-order valence-corrected chi connectivity index (χ3v) is 9.87. The number of para-hydroxylation sites is 1. The van der Waals surface area contributed by atoms with E-state index < -0.39 is 39.5 Å². The molecular weight excluding hydrogens is 526 g/mol. The molecule has 38 heavy (non-hydrogen) atoms. The lowest BCUT2D eigenvalue weighted by molar-refractivity contribution is -0.140. The number of fused-ring (bicyclic) bond motifs is 3. The van der Waals surface area contributed by atoms with E-state index in [1.165, 1.54) is 47.3 Å². The number of sulfonamides is 1. The Balaban J connectivity index is 1.55. The number of pyridine rings is 1. The first-order chi connectivity index (χ1) is 18.4. The summed E-state index contributed by atoms with van der Waals surface area (Å²) >= 11 is 1.25. The van der Waals surface area contributed by atoms with Crippen LogP contribution in [-0.2, 0) is 24.3 Å². The summed E-state index contributed by atoms with van der Waals surface area (Å²) in [6.07, 6.45) is 0.828. The van der Waals surface area contributed by atoms with E-state index in [-0.39, 0.29) is 17.2 Å². The Bertz CT molecular complexity index is 1420. The van der Waals surface area contributed by atoms with E-state index in [0.717, 1.165) is 5.56 Å². The number of carbonyl (C=O) groups excluding carboxylic acids is 2. The molecule has 9 nitrogen and oxygen atoms in total. The zero-order valence-electron chi connectivity index (χ0n) is 20.8. The molecule has 4 atom stereocenters. The van der Waals surface area contributed by atoms with Crippen LogP contribution in [0, 0.1) is 0 Å². The number of methoxy groups -OCH3 is 2. The minimum absolute atomic E-state index is 0.127. The van der Waals surface area contributed by atoms with Gasteiger partial charge < -0.3 is 9.47 Å². The number of likely N-dealkylation sites (tertiary alicyclic amines) is 1. The van der Waals surface area contributed by atoms with Crippen LogP contribution in [-0.4, -0.2) is 62.0 Å². The van der Waals surface area contributed by atoms with Crippen molar-refractivity contribution < 1.29 is 27.5 Å². The van der Waals surface area contributed by atoms with Gasteiger partial charge >= 0.3 is 12.1 Å². The number of hydrogen-bond donors (Lipinski definition) is 0. The molecule has 1 fully saturated rings. The average Bonchev–Trinajstić information content (AvgIpc) is 3.47. The van der Waals surface area contributed by atoms with Crippen molar-refractivity contribution in [3.8, 4) is 0 Å². The number of ether oxygens (including phenoxy) is 2. The Morgan fingerprint density at radius 2 is 1.71 bits per heavy atom. The molecule has 2 aliphatic heterocycles. The first kappa shape index (κ1) is 26.1. The Hall–Kier alpha value is -3.57. The smallest absolute Gasteiger partial charge is 0.411 e. The Kier molecular flexibility index (Phi) is 7.31. The molecule has 3 heterocycles. The highest BCUT2D eigenvalue weighted by Crippen LogP contribution is 2.53. The quantitative estimate of drug-likeness (QED) is 0.316. The maximum Gasteiger partial charge on any atom is 0.411 e. The van der Waals surface area contributed by atoms with Gasteiger partial charge in [0, 0.05) is 18.2 Å². The molecule has 0 spiro atoms. The summed E-state index contributed by atoms with van der Waals surface area (Å²) in [5.41, 5.74) is 1.37. The summed E-state index contributed by atoms with van der Waals surface area (Å²) < 4.78 is 39.5. The zero-order valence-corrected chi connectivity index (χ0v) is 22.5. The molecule has 11 heteroatoms. The number of esters is 1. The van der Waals surface area contributed by atoms with Crippen molar-refractivity contribution in [3.05, 3.63) is 84.6 Å². The van der Waals surface area contributed by atoms with Gasteiger partial charge in [-0.1, -0.05) is 54.2 Å². The van der Waals surface area contributed by atoms with Crippen molar-refractivity contribution in [1.82, 2.24) is 9.88 Å². The summed E-state index contributed by atoms with van der Waals surface area (Å²) in [6, 6.07) is 20.4. The maximum atomic E-state index is 14.0. The number of thioether (sulfide) groups is 1. The molecule has 1 amide bonds. The summed E-state index contributed by atoms with van der Waals surface area (Å²) in [5, 5.41) is -0.0235. The minimum Gasteiger partial charge on any atom is -0.468 e. The van der Waals surface area contributed by atoms with E-state index in [4.69, 9.17) is 9.47 Å². The number of carbonyl (C=O) groups is 2. The van der Waals surface area contributed by atoms with Crippen molar-refractivity contribution >= 4 is 39.5 Å². The standard InChI is InChI=1S/C27H27N3O6S2/c1-35-26(31)23(37-24-14-8-9-15-28-24)17-18-16-21-20-12-6-7-13-22(20)30(25(21)29(18)27(32)36-2)38(33,34)19-10-4-3-5-11-19/h3-15,18,21,23,25H,16-17H2,1-2H3/t18-,21-,23+,25+/m1/s1. The van der Waals surface area contributed by atoms with E-state index in [9.17, 15) is 18.0 Å². The van der Waals surface area contributed by atoms with Gasteiger partial charge in [0.05, 0.1) is 29.8 Å². The molecule has 1 saturated heterocycles. The van der Waals surface area contributed by atoms with Gasteiger partial charge in [-0.15, -0.1) is 0 Å². The minimum atomic E-state index is -4.03. The highest BCUT2D eigenvalue weighted by molar-refractivity contribution is 8.00. The molecule has 5 rings (SSSR count). The number of anilines is 1. The molecule has 0 aliphatic carbocycles. The van der Waals surface area contributed by atoms with Crippen LogP contribution in [0.2, 0.25) is 0 Å². The fourth-order valence-corrected chi connectivity index (χ4v) is 8.10. The summed E-state index contributed by atoms with van der Waals surface area (Å²) in [4.78, 5) is 32.0. The van der Waals surface area contributed by atoms with Crippen LogP contribution in [0.1, 0.15) is 24.3 Å². The van der Waals surface area contributed by atoms with E-state index in [1.54, 1.807) is 48.7 Å². The Morgan fingerprint density at radius 1 is 1.00 bits per heavy atom. The van der Waals surface area contributed by atoms with Gasteiger partial charge in [0.1, 0.15) is 11.4 Å². The van der Waals surface area contributed by atoms with Gasteiger partial charge in [0.2, 0.25) is 0 Å². The van der Waals surface area contributed by atoms with Gasteiger partial charge in [0.25, 0.3) is 10.0 Å². The van der Waals surface area contributed by atoms with Crippen molar-refractivity contribution in [3.63, 3.8) is 0 Å². The predicted octanol–water partition coefficient (Wildman–Crippen LogP) is 4.26.